The largest absolute Gasteiger partial charge is 0.354 e. The van der Waals surface area contributed by atoms with Gasteiger partial charge in [-0.3, -0.25) is 9.69 Å². The first kappa shape index (κ1) is 24.8. The summed E-state index contributed by atoms with van der Waals surface area (Å²) in [5.41, 5.74) is 1.68. The van der Waals surface area contributed by atoms with Gasteiger partial charge in [-0.1, -0.05) is 53.7 Å². The van der Waals surface area contributed by atoms with Gasteiger partial charge < -0.3 is 9.80 Å². The molecule has 0 radical (unpaired) electrons. The van der Waals surface area contributed by atoms with Crippen LogP contribution in [-0.4, -0.2) is 60.0 Å². The number of thioether (sulfide) groups is 1. The summed E-state index contributed by atoms with van der Waals surface area (Å²) in [5.74, 6) is 0.694. The number of rotatable bonds is 7. The van der Waals surface area contributed by atoms with Crippen LogP contribution in [0.15, 0.2) is 77.8 Å². The normalized spacial score (nSPS) is 19.9. The van der Waals surface area contributed by atoms with Gasteiger partial charge in [-0.15, -0.1) is 0 Å². The van der Waals surface area contributed by atoms with Gasteiger partial charge in [0.15, 0.2) is 0 Å². The van der Waals surface area contributed by atoms with E-state index in [1.165, 1.54) is 23.9 Å². The molecule has 0 bridgehead atoms. The molecule has 1 atom stereocenters. The van der Waals surface area contributed by atoms with E-state index >= 15 is 0 Å². The summed E-state index contributed by atoms with van der Waals surface area (Å²) in [6, 6.07) is 20.0. The zero-order valence-corrected chi connectivity index (χ0v) is 21.5. The van der Waals surface area contributed by atoms with E-state index in [0.717, 1.165) is 50.5 Å². The van der Waals surface area contributed by atoms with Crippen molar-refractivity contribution >= 4 is 41.2 Å². The van der Waals surface area contributed by atoms with Gasteiger partial charge in [0.1, 0.15) is 17.0 Å². The molecule has 3 heterocycles. The first-order valence-electron chi connectivity index (χ1n) is 12.2. The zero-order valence-electron chi connectivity index (χ0n) is 19.9. The summed E-state index contributed by atoms with van der Waals surface area (Å²) < 4.78 is 13.7. The first-order valence-corrected chi connectivity index (χ1v) is 13.4. The zero-order chi connectivity index (χ0) is 24.9. The van der Waals surface area contributed by atoms with E-state index in [4.69, 9.17) is 11.6 Å². The number of carbonyl (C=O) groups is 1. The Bertz CT molecular complexity index is 1230. The van der Waals surface area contributed by atoms with E-state index in [9.17, 15) is 9.18 Å². The number of benzene rings is 2. The molecule has 5 nitrogen and oxygen atoms in total. The van der Waals surface area contributed by atoms with Crippen LogP contribution in [0.3, 0.4) is 0 Å². The minimum atomic E-state index is -0.314. The minimum absolute atomic E-state index is 0.0193. The number of anilines is 1. The first-order chi connectivity index (χ1) is 17.6. The van der Waals surface area contributed by atoms with Crippen LogP contribution in [-0.2, 0) is 4.79 Å². The van der Waals surface area contributed by atoms with Crippen LogP contribution in [0.2, 0.25) is 5.02 Å². The maximum absolute atomic E-state index is 13.7. The van der Waals surface area contributed by atoms with Crippen LogP contribution in [0, 0.1) is 5.82 Å². The molecule has 2 aromatic carbocycles. The molecule has 36 heavy (non-hydrogen) atoms. The lowest BCUT2D eigenvalue weighted by molar-refractivity contribution is -0.126. The van der Waals surface area contributed by atoms with Gasteiger partial charge in [-0.2, -0.15) is 0 Å². The number of hydrogen-bond acceptors (Lipinski definition) is 5. The Balaban J connectivity index is 1.24. The Kier molecular flexibility index (Phi) is 7.90. The van der Waals surface area contributed by atoms with Gasteiger partial charge in [0.25, 0.3) is 5.91 Å². The van der Waals surface area contributed by atoms with Gasteiger partial charge in [-0.25, -0.2) is 9.37 Å². The van der Waals surface area contributed by atoms with Crippen molar-refractivity contribution in [1.82, 2.24) is 14.8 Å². The van der Waals surface area contributed by atoms with Crippen LogP contribution in [0.25, 0.3) is 6.08 Å². The number of hydrogen-bond donors (Lipinski definition) is 0. The van der Waals surface area contributed by atoms with Crippen molar-refractivity contribution in [2.75, 3.05) is 44.2 Å². The van der Waals surface area contributed by atoms with E-state index in [0.29, 0.717) is 22.0 Å². The Morgan fingerprint density at radius 2 is 1.83 bits per heavy atom. The number of aromatic nitrogens is 1. The van der Waals surface area contributed by atoms with E-state index in [1.807, 2.05) is 53.6 Å². The number of piperazine rings is 1. The molecule has 2 aliphatic rings. The Morgan fingerprint density at radius 3 is 2.58 bits per heavy atom. The number of halogens is 2. The molecule has 1 amide bonds. The second kappa shape index (κ2) is 11.5. The second-order valence-corrected chi connectivity index (χ2v) is 10.5. The van der Waals surface area contributed by atoms with Crippen molar-refractivity contribution in [1.29, 1.82) is 0 Å². The highest BCUT2D eigenvalue weighted by Crippen LogP contribution is 2.46. The maximum Gasteiger partial charge on any atom is 0.261 e. The molecule has 1 unspecified atom stereocenters. The molecule has 186 valence electrons. The Hall–Kier alpha value is -2.87. The SMILES string of the molecule is O=C1/C(=C/c2cccc(F)c2)SC(c2cccc(Cl)c2)N1CCCN1CCN(c2ccccn2)CC1. The van der Waals surface area contributed by atoms with Crippen molar-refractivity contribution in [3.8, 4) is 0 Å². The summed E-state index contributed by atoms with van der Waals surface area (Å²) >= 11 is 7.77. The van der Waals surface area contributed by atoms with E-state index < -0.39 is 0 Å². The van der Waals surface area contributed by atoms with Gasteiger partial charge in [0.2, 0.25) is 0 Å². The molecule has 0 spiro atoms. The predicted octanol–water partition coefficient (Wildman–Crippen LogP) is 5.70. The monoisotopic (exact) mass is 522 g/mol. The van der Waals surface area contributed by atoms with Crippen molar-refractivity contribution in [2.45, 2.75) is 11.8 Å². The number of amides is 1. The summed E-state index contributed by atoms with van der Waals surface area (Å²) in [6.45, 7) is 5.41. The summed E-state index contributed by atoms with van der Waals surface area (Å²) in [7, 11) is 0. The molecule has 2 fully saturated rings. The van der Waals surface area contributed by atoms with Crippen LogP contribution < -0.4 is 4.90 Å². The molecular weight excluding hydrogens is 495 g/mol. The highest BCUT2D eigenvalue weighted by Gasteiger charge is 2.37. The van der Waals surface area contributed by atoms with E-state index in [2.05, 4.69) is 20.9 Å². The lowest BCUT2D eigenvalue weighted by Gasteiger charge is -2.35. The molecule has 0 saturated carbocycles. The molecule has 3 aromatic rings. The molecular formula is C28H28ClFN4OS. The second-order valence-electron chi connectivity index (χ2n) is 8.96. The third-order valence-corrected chi connectivity index (χ3v) is 8.02. The molecule has 0 aliphatic carbocycles. The fourth-order valence-corrected chi connectivity index (χ4v) is 6.13. The topological polar surface area (TPSA) is 39.7 Å². The highest BCUT2D eigenvalue weighted by atomic mass is 35.5. The molecule has 2 saturated heterocycles. The fourth-order valence-electron chi connectivity index (χ4n) is 4.66. The number of pyridine rings is 1. The summed E-state index contributed by atoms with van der Waals surface area (Å²) in [6.07, 6.45) is 4.49. The number of carbonyl (C=O) groups excluding carboxylic acids is 1. The molecule has 8 heteroatoms. The third-order valence-electron chi connectivity index (χ3n) is 6.49. The lowest BCUT2D eigenvalue weighted by atomic mass is 10.1. The Morgan fingerprint density at radius 1 is 1.00 bits per heavy atom. The standard InChI is InChI=1S/C28H28ClFN4OS/c29-23-8-4-7-22(20-23)28-34(27(35)25(36-28)19-21-6-3-9-24(30)18-21)13-5-12-32-14-16-33(17-15-32)26-10-1-2-11-31-26/h1-4,6-11,18-20,28H,5,12-17H2/b25-19-. The Labute approximate surface area is 220 Å². The lowest BCUT2D eigenvalue weighted by Crippen LogP contribution is -2.47. The molecule has 5 rings (SSSR count). The average Bonchev–Trinajstić information content (AvgIpc) is 3.20. The van der Waals surface area contributed by atoms with Crippen LogP contribution >= 0.6 is 23.4 Å². The van der Waals surface area contributed by atoms with Crippen molar-refractivity contribution < 1.29 is 9.18 Å². The maximum atomic E-state index is 13.7. The molecule has 1 aromatic heterocycles. The minimum Gasteiger partial charge on any atom is -0.354 e. The van der Waals surface area contributed by atoms with Crippen molar-refractivity contribution in [3.63, 3.8) is 0 Å². The van der Waals surface area contributed by atoms with Crippen molar-refractivity contribution in [2.24, 2.45) is 0 Å². The van der Waals surface area contributed by atoms with Crippen LogP contribution in [0.4, 0.5) is 10.2 Å². The van der Waals surface area contributed by atoms with Crippen LogP contribution in [0.1, 0.15) is 22.9 Å². The quantitative estimate of drug-likeness (QED) is 0.372. The number of nitrogens with zero attached hydrogens (tertiary/aromatic N) is 4. The van der Waals surface area contributed by atoms with Gasteiger partial charge in [0.05, 0.1) is 4.91 Å². The fraction of sp³-hybridized carbons (Fsp3) is 0.286. The third kappa shape index (κ3) is 5.91. The van der Waals surface area contributed by atoms with E-state index in [1.54, 1.807) is 12.1 Å². The molecule has 0 N–H and O–H groups in total. The smallest absolute Gasteiger partial charge is 0.261 e. The highest BCUT2D eigenvalue weighted by molar-refractivity contribution is 8.04. The summed E-state index contributed by atoms with van der Waals surface area (Å²) in [4.78, 5) is 25.2. The molecule has 2 aliphatic heterocycles. The van der Waals surface area contributed by atoms with Gasteiger partial charge in [-0.05, 0) is 66.6 Å². The summed E-state index contributed by atoms with van der Waals surface area (Å²) in [5, 5.41) is 0.492. The average molecular weight is 523 g/mol. The van der Waals surface area contributed by atoms with Gasteiger partial charge in [0, 0.05) is 43.9 Å². The van der Waals surface area contributed by atoms with Gasteiger partial charge >= 0.3 is 0 Å². The van der Waals surface area contributed by atoms with E-state index in [-0.39, 0.29) is 17.1 Å². The van der Waals surface area contributed by atoms with Crippen molar-refractivity contribution in [3.05, 3.63) is 99.8 Å². The van der Waals surface area contributed by atoms with Crippen LogP contribution in [0.5, 0.6) is 0 Å². The predicted molar refractivity (Wildman–Crippen MR) is 145 cm³/mol.